The first-order valence-electron chi connectivity index (χ1n) is 8.60. The quantitative estimate of drug-likeness (QED) is 0.702. The highest BCUT2D eigenvalue weighted by molar-refractivity contribution is 5.76. The van der Waals surface area contributed by atoms with Gasteiger partial charge in [-0.15, -0.1) is 0 Å². The Hall–Kier alpha value is -2.40. The second-order valence-electron chi connectivity index (χ2n) is 6.27. The fraction of sp³-hybridized carbons (Fsp3) is 0.350. The normalized spacial score (nSPS) is 13.8. The number of aliphatic hydroxyl groups is 1. The van der Waals surface area contributed by atoms with Gasteiger partial charge in [0.15, 0.2) is 11.6 Å². The summed E-state index contributed by atoms with van der Waals surface area (Å²) in [6.45, 7) is 4.62. The van der Waals surface area contributed by atoms with Gasteiger partial charge in [0, 0.05) is 5.92 Å². The van der Waals surface area contributed by atoms with Gasteiger partial charge in [-0.2, -0.15) is 0 Å². The number of nitrogens with zero attached hydrogens (tertiary/aromatic N) is 2. The topological polar surface area (TPSA) is 47.3 Å². The number of aliphatic hydroxyl groups excluding tert-OH is 1. The zero-order chi connectivity index (χ0) is 17.8. The zero-order valence-corrected chi connectivity index (χ0v) is 14.5. The maximum absolute atomic E-state index is 13.6. The monoisotopic (exact) mass is 342 g/mol. The Morgan fingerprint density at radius 1 is 1.16 bits per heavy atom. The number of rotatable bonds is 7. The van der Waals surface area contributed by atoms with E-state index in [0.29, 0.717) is 6.54 Å². The molecule has 25 heavy (non-hydrogen) atoms. The second kappa shape index (κ2) is 7.66. The Kier molecular flexibility index (Phi) is 5.34. The van der Waals surface area contributed by atoms with Gasteiger partial charge in [-0.05, 0) is 30.7 Å². The summed E-state index contributed by atoms with van der Waals surface area (Å²) in [6.07, 6.45) is 0.200. The molecule has 1 N–H and O–H groups in total. The highest BCUT2D eigenvalue weighted by Gasteiger charge is 2.18. The lowest BCUT2D eigenvalue weighted by atomic mass is 10.1. The smallest absolute Gasteiger partial charge is 0.165 e. The third-order valence-corrected chi connectivity index (χ3v) is 4.40. The van der Waals surface area contributed by atoms with Crippen LogP contribution in [0.1, 0.15) is 32.0 Å². The van der Waals surface area contributed by atoms with E-state index >= 15 is 0 Å². The van der Waals surface area contributed by atoms with E-state index in [0.717, 1.165) is 23.3 Å². The number of hydrogen-bond acceptors (Lipinski definition) is 3. The summed E-state index contributed by atoms with van der Waals surface area (Å²) in [5.74, 6) is 0.961. The Balaban J connectivity index is 1.78. The molecule has 2 atom stereocenters. The standard InChI is InChI=1S/C20H23FN2O2/c1-3-14(2)20-22-17-9-5-6-10-18(17)23(20)12-15(24)13-25-19-11-7-4-8-16(19)21/h4-11,14-15,24H,3,12-13H2,1-2H3. The minimum atomic E-state index is -0.764. The van der Waals surface area contributed by atoms with E-state index in [1.165, 1.54) is 6.07 Å². The molecule has 3 aromatic rings. The van der Waals surface area contributed by atoms with Crippen LogP contribution in [0.5, 0.6) is 5.75 Å². The molecule has 3 rings (SSSR count). The summed E-state index contributed by atoms with van der Waals surface area (Å²) < 4.78 is 21.1. The molecular weight excluding hydrogens is 319 g/mol. The van der Waals surface area contributed by atoms with Gasteiger partial charge in [0.1, 0.15) is 18.5 Å². The van der Waals surface area contributed by atoms with Gasteiger partial charge in [0.2, 0.25) is 0 Å². The van der Waals surface area contributed by atoms with Crippen molar-refractivity contribution in [3.05, 3.63) is 60.2 Å². The molecule has 1 heterocycles. The predicted octanol–water partition coefficient (Wildman–Crippen LogP) is 4.13. The van der Waals surface area contributed by atoms with Gasteiger partial charge in [-0.25, -0.2) is 9.37 Å². The maximum atomic E-state index is 13.6. The van der Waals surface area contributed by atoms with E-state index in [1.54, 1.807) is 18.2 Å². The lowest BCUT2D eigenvalue weighted by Gasteiger charge is -2.17. The predicted molar refractivity (Wildman–Crippen MR) is 96.3 cm³/mol. The summed E-state index contributed by atoms with van der Waals surface area (Å²) in [5, 5.41) is 10.4. The molecule has 1 aromatic heterocycles. The van der Waals surface area contributed by atoms with E-state index < -0.39 is 11.9 Å². The molecule has 4 nitrogen and oxygen atoms in total. The Labute approximate surface area is 146 Å². The molecule has 5 heteroatoms. The largest absolute Gasteiger partial charge is 0.488 e. The average molecular weight is 342 g/mol. The summed E-state index contributed by atoms with van der Waals surface area (Å²) in [4.78, 5) is 4.72. The molecule has 0 saturated carbocycles. The first kappa shape index (κ1) is 17.4. The molecule has 0 bridgehead atoms. The van der Waals surface area contributed by atoms with Crippen LogP contribution in [0.3, 0.4) is 0 Å². The first-order valence-corrected chi connectivity index (χ1v) is 8.60. The van der Waals surface area contributed by atoms with E-state index in [1.807, 2.05) is 28.8 Å². The van der Waals surface area contributed by atoms with Gasteiger partial charge in [-0.3, -0.25) is 0 Å². The highest BCUT2D eigenvalue weighted by atomic mass is 19.1. The fourth-order valence-electron chi connectivity index (χ4n) is 2.86. The molecule has 0 aliphatic carbocycles. The lowest BCUT2D eigenvalue weighted by Crippen LogP contribution is -2.25. The maximum Gasteiger partial charge on any atom is 0.165 e. The number of ether oxygens (including phenoxy) is 1. The molecule has 2 aromatic carbocycles. The SMILES string of the molecule is CCC(C)c1nc2ccccc2n1CC(O)COc1ccccc1F. The van der Waals surface area contributed by atoms with Crippen LogP contribution >= 0.6 is 0 Å². The molecule has 0 radical (unpaired) electrons. The molecule has 0 aliphatic rings. The first-order chi connectivity index (χ1) is 12.1. The van der Waals surface area contributed by atoms with E-state index in [-0.39, 0.29) is 18.3 Å². The number of hydrogen-bond donors (Lipinski definition) is 1. The van der Waals surface area contributed by atoms with Crippen LogP contribution in [0, 0.1) is 5.82 Å². The van der Waals surface area contributed by atoms with Crippen LogP contribution in [-0.4, -0.2) is 27.4 Å². The van der Waals surface area contributed by atoms with Crippen molar-refractivity contribution >= 4 is 11.0 Å². The molecule has 2 unspecified atom stereocenters. The van der Waals surface area contributed by atoms with Crippen LogP contribution in [0.2, 0.25) is 0 Å². The number of benzene rings is 2. The van der Waals surface area contributed by atoms with Crippen molar-refractivity contribution in [1.82, 2.24) is 9.55 Å². The van der Waals surface area contributed by atoms with Crippen molar-refractivity contribution in [1.29, 1.82) is 0 Å². The number of halogens is 1. The zero-order valence-electron chi connectivity index (χ0n) is 14.5. The number of fused-ring (bicyclic) bond motifs is 1. The van der Waals surface area contributed by atoms with Crippen molar-refractivity contribution in [3.8, 4) is 5.75 Å². The number of aromatic nitrogens is 2. The molecule has 0 fully saturated rings. The van der Waals surface area contributed by atoms with Gasteiger partial charge >= 0.3 is 0 Å². The molecule has 0 saturated heterocycles. The molecule has 0 spiro atoms. The molecule has 0 aliphatic heterocycles. The van der Waals surface area contributed by atoms with E-state index in [2.05, 4.69) is 13.8 Å². The molecular formula is C20H23FN2O2. The fourth-order valence-corrected chi connectivity index (χ4v) is 2.86. The van der Waals surface area contributed by atoms with Crippen molar-refractivity contribution < 1.29 is 14.2 Å². The Morgan fingerprint density at radius 3 is 2.64 bits per heavy atom. The number of para-hydroxylation sites is 3. The average Bonchev–Trinajstić information content (AvgIpc) is 2.99. The van der Waals surface area contributed by atoms with Crippen LogP contribution in [-0.2, 0) is 6.54 Å². The van der Waals surface area contributed by atoms with Gasteiger partial charge in [-0.1, -0.05) is 38.1 Å². The van der Waals surface area contributed by atoms with Crippen molar-refractivity contribution in [2.24, 2.45) is 0 Å². The third kappa shape index (κ3) is 3.82. The summed E-state index contributed by atoms with van der Waals surface area (Å²) in [7, 11) is 0. The van der Waals surface area contributed by atoms with E-state index in [9.17, 15) is 9.50 Å². The summed E-state index contributed by atoms with van der Waals surface area (Å²) >= 11 is 0. The van der Waals surface area contributed by atoms with Crippen LogP contribution in [0.15, 0.2) is 48.5 Å². The van der Waals surface area contributed by atoms with Crippen molar-refractivity contribution in [3.63, 3.8) is 0 Å². The van der Waals surface area contributed by atoms with Gasteiger partial charge < -0.3 is 14.4 Å². The van der Waals surface area contributed by atoms with E-state index in [4.69, 9.17) is 9.72 Å². The third-order valence-electron chi connectivity index (χ3n) is 4.40. The second-order valence-corrected chi connectivity index (χ2v) is 6.27. The summed E-state index contributed by atoms with van der Waals surface area (Å²) in [6, 6.07) is 14.1. The molecule has 132 valence electrons. The minimum absolute atomic E-state index is 0.0212. The van der Waals surface area contributed by atoms with Crippen LogP contribution in [0.4, 0.5) is 4.39 Å². The van der Waals surface area contributed by atoms with Crippen LogP contribution < -0.4 is 4.74 Å². The lowest BCUT2D eigenvalue weighted by molar-refractivity contribution is 0.0905. The Morgan fingerprint density at radius 2 is 1.88 bits per heavy atom. The van der Waals surface area contributed by atoms with Crippen molar-refractivity contribution in [2.45, 2.75) is 38.8 Å². The van der Waals surface area contributed by atoms with Gasteiger partial charge in [0.25, 0.3) is 0 Å². The van der Waals surface area contributed by atoms with Crippen LogP contribution in [0.25, 0.3) is 11.0 Å². The molecule has 0 amide bonds. The minimum Gasteiger partial charge on any atom is -0.488 e. The summed E-state index contributed by atoms with van der Waals surface area (Å²) in [5.41, 5.74) is 1.91. The highest BCUT2D eigenvalue weighted by Crippen LogP contribution is 2.24. The number of imidazole rings is 1. The van der Waals surface area contributed by atoms with Gasteiger partial charge in [0.05, 0.1) is 17.6 Å². The Bertz CT molecular complexity index is 847. The van der Waals surface area contributed by atoms with Crippen molar-refractivity contribution in [2.75, 3.05) is 6.61 Å².